The third kappa shape index (κ3) is 5.79. The number of benzene rings is 1. The maximum Gasteiger partial charge on any atom is 0.248 e. The Kier molecular flexibility index (Phi) is 5.67. The van der Waals surface area contributed by atoms with E-state index < -0.39 is 11.5 Å². The zero-order valence-electron chi connectivity index (χ0n) is 12.7. The average Bonchev–Trinajstić information content (AvgIpc) is 2.41. The van der Waals surface area contributed by atoms with E-state index in [1.807, 2.05) is 6.92 Å². The lowest BCUT2D eigenvalue weighted by atomic mass is 10.1. The number of rotatable bonds is 6. The third-order valence-electron chi connectivity index (χ3n) is 2.88. The highest BCUT2D eigenvalue weighted by Crippen LogP contribution is 2.08. The van der Waals surface area contributed by atoms with Crippen molar-refractivity contribution in [3.8, 4) is 0 Å². The summed E-state index contributed by atoms with van der Waals surface area (Å²) in [5.41, 5.74) is 5.46. The molecule has 0 spiro atoms. The van der Waals surface area contributed by atoms with Crippen LogP contribution in [0.15, 0.2) is 30.3 Å². The van der Waals surface area contributed by atoms with Crippen molar-refractivity contribution in [1.82, 2.24) is 4.90 Å². The van der Waals surface area contributed by atoms with Crippen molar-refractivity contribution in [2.75, 3.05) is 13.1 Å². The monoisotopic (exact) mass is 290 g/mol. The van der Waals surface area contributed by atoms with Gasteiger partial charge < -0.3 is 15.7 Å². The average molecular weight is 290 g/mol. The summed E-state index contributed by atoms with van der Waals surface area (Å²) in [5.74, 6) is -0.650. The number of amides is 2. The first-order chi connectivity index (χ1) is 9.73. The maximum absolute atomic E-state index is 12.1. The van der Waals surface area contributed by atoms with Crippen LogP contribution in [-0.4, -0.2) is 40.5 Å². The molecule has 5 nitrogen and oxygen atoms in total. The fraction of sp³-hybridized carbons (Fsp3) is 0.375. The lowest BCUT2D eigenvalue weighted by Gasteiger charge is -2.27. The lowest BCUT2D eigenvalue weighted by Crippen LogP contribution is -2.41. The van der Waals surface area contributed by atoms with Crippen LogP contribution in [0.1, 0.15) is 36.7 Å². The second-order valence-corrected chi connectivity index (χ2v) is 5.48. The van der Waals surface area contributed by atoms with Gasteiger partial charge in [0.25, 0.3) is 0 Å². The van der Waals surface area contributed by atoms with Gasteiger partial charge in [-0.25, -0.2) is 0 Å². The number of hydrogen-bond acceptors (Lipinski definition) is 3. The van der Waals surface area contributed by atoms with Gasteiger partial charge in [0.05, 0.1) is 5.60 Å². The Bertz CT molecular complexity index is 527. The Morgan fingerprint density at radius 3 is 2.29 bits per heavy atom. The fourth-order valence-corrected chi connectivity index (χ4v) is 1.84. The van der Waals surface area contributed by atoms with Gasteiger partial charge in [0.2, 0.25) is 11.8 Å². The van der Waals surface area contributed by atoms with E-state index in [1.165, 1.54) is 6.08 Å². The van der Waals surface area contributed by atoms with E-state index in [1.54, 1.807) is 49.1 Å². The number of likely N-dealkylation sites (N-methyl/N-ethyl adjacent to an activating group) is 1. The molecule has 0 fully saturated rings. The highest BCUT2D eigenvalue weighted by Gasteiger charge is 2.19. The van der Waals surface area contributed by atoms with Crippen molar-refractivity contribution >= 4 is 17.9 Å². The molecule has 0 aliphatic heterocycles. The van der Waals surface area contributed by atoms with Crippen molar-refractivity contribution in [2.45, 2.75) is 26.4 Å². The molecule has 3 N–H and O–H groups in total. The first kappa shape index (κ1) is 16.9. The minimum absolute atomic E-state index is 0.168. The van der Waals surface area contributed by atoms with E-state index in [0.29, 0.717) is 12.1 Å². The molecule has 2 amide bonds. The molecule has 0 bridgehead atoms. The molecule has 1 aromatic rings. The summed E-state index contributed by atoms with van der Waals surface area (Å²) in [6.45, 7) is 5.98. The van der Waals surface area contributed by atoms with Crippen LogP contribution in [-0.2, 0) is 4.79 Å². The van der Waals surface area contributed by atoms with Gasteiger partial charge in [-0.1, -0.05) is 12.1 Å². The molecule has 0 atom stereocenters. The third-order valence-corrected chi connectivity index (χ3v) is 2.88. The second kappa shape index (κ2) is 7.04. The van der Waals surface area contributed by atoms with Crippen LogP contribution in [0, 0.1) is 0 Å². The molecule has 0 unspecified atom stereocenters. The summed E-state index contributed by atoms with van der Waals surface area (Å²) in [6, 6.07) is 6.66. The molecule has 1 aromatic carbocycles. The largest absolute Gasteiger partial charge is 0.389 e. The Balaban J connectivity index is 2.74. The number of nitrogens with zero attached hydrogens (tertiary/aromatic N) is 1. The molecule has 0 saturated carbocycles. The number of carbonyl (C=O) groups excluding carboxylic acids is 2. The number of nitrogens with two attached hydrogens (primary N) is 1. The number of hydrogen-bond donors (Lipinski definition) is 2. The highest BCUT2D eigenvalue weighted by atomic mass is 16.3. The second-order valence-electron chi connectivity index (χ2n) is 5.48. The molecular formula is C16H22N2O3. The molecule has 0 aliphatic carbocycles. The Morgan fingerprint density at radius 2 is 1.86 bits per heavy atom. The summed E-state index contributed by atoms with van der Waals surface area (Å²) in [4.78, 5) is 24.6. The zero-order chi connectivity index (χ0) is 16.0. The van der Waals surface area contributed by atoms with Gasteiger partial charge in [0.15, 0.2) is 0 Å². The molecule has 1 rings (SSSR count). The standard InChI is InChI=1S/C16H22N2O3/c1-4-18(11-16(2,3)21)14(19)10-7-12-5-8-13(9-6-12)15(17)20/h5-10,21H,4,11H2,1-3H3,(H2,17,20). The van der Waals surface area contributed by atoms with Crippen molar-refractivity contribution < 1.29 is 14.7 Å². The van der Waals surface area contributed by atoms with Crippen LogP contribution in [0.2, 0.25) is 0 Å². The first-order valence-electron chi connectivity index (χ1n) is 6.82. The smallest absolute Gasteiger partial charge is 0.248 e. The van der Waals surface area contributed by atoms with Crippen molar-refractivity contribution in [3.63, 3.8) is 0 Å². The predicted octanol–water partition coefficient (Wildman–Crippen LogP) is 1.42. The van der Waals surface area contributed by atoms with Crippen LogP contribution >= 0.6 is 0 Å². The van der Waals surface area contributed by atoms with Crippen LogP contribution in [0.25, 0.3) is 6.08 Å². The van der Waals surface area contributed by atoms with Gasteiger partial charge in [-0.05, 0) is 44.5 Å². The summed E-state index contributed by atoms with van der Waals surface area (Å²) in [6.07, 6.45) is 3.12. The number of aliphatic hydroxyl groups is 1. The Morgan fingerprint density at radius 1 is 1.29 bits per heavy atom. The van der Waals surface area contributed by atoms with E-state index in [9.17, 15) is 14.7 Å². The number of primary amides is 1. The lowest BCUT2D eigenvalue weighted by molar-refractivity contribution is -0.128. The van der Waals surface area contributed by atoms with Crippen LogP contribution in [0.3, 0.4) is 0 Å². The molecule has 0 aromatic heterocycles. The van der Waals surface area contributed by atoms with Crippen molar-refractivity contribution in [2.24, 2.45) is 5.73 Å². The predicted molar refractivity (Wildman–Crippen MR) is 82.5 cm³/mol. The zero-order valence-corrected chi connectivity index (χ0v) is 12.7. The Labute approximate surface area is 125 Å². The van der Waals surface area contributed by atoms with E-state index in [2.05, 4.69) is 0 Å². The quantitative estimate of drug-likeness (QED) is 0.777. The van der Waals surface area contributed by atoms with E-state index >= 15 is 0 Å². The van der Waals surface area contributed by atoms with E-state index in [0.717, 1.165) is 5.56 Å². The molecule has 0 saturated heterocycles. The van der Waals surface area contributed by atoms with Crippen LogP contribution < -0.4 is 5.73 Å². The molecule has 0 aliphatic rings. The molecular weight excluding hydrogens is 268 g/mol. The van der Waals surface area contributed by atoms with E-state index in [-0.39, 0.29) is 12.5 Å². The summed E-state index contributed by atoms with van der Waals surface area (Å²) < 4.78 is 0. The molecule has 0 radical (unpaired) electrons. The topological polar surface area (TPSA) is 83.6 Å². The molecule has 114 valence electrons. The van der Waals surface area contributed by atoms with E-state index in [4.69, 9.17) is 5.73 Å². The van der Waals surface area contributed by atoms with Crippen molar-refractivity contribution in [3.05, 3.63) is 41.5 Å². The maximum atomic E-state index is 12.1. The van der Waals surface area contributed by atoms with Crippen molar-refractivity contribution in [1.29, 1.82) is 0 Å². The SMILES string of the molecule is CCN(CC(C)(C)O)C(=O)C=Cc1ccc(C(N)=O)cc1. The molecule has 21 heavy (non-hydrogen) atoms. The fourth-order valence-electron chi connectivity index (χ4n) is 1.84. The molecule has 0 heterocycles. The Hall–Kier alpha value is -2.14. The minimum atomic E-state index is -0.928. The summed E-state index contributed by atoms with van der Waals surface area (Å²) in [7, 11) is 0. The number of carbonyl (C=O) groups is 2. The van der Waals surface area contributed by atoms with Gasteiger partial charge in [0, 0.05) is 24.7 Å². The van der Waals surface area contributed by atoms with Gasteiger partial charge >= 0.3 is 0 Å². The van der Waals surface area contributed by atoms with Crippen LogP contribution in [0.5, 0.6) is 0 Å². The minimum Gasteiger partial charge on any atom is -0.389 e. The normalized spacial score (nSPS) is 11.6. The first-order valence-corrected chi connectivity index (χ1v) is 6.82. The molecule has 5 heteroatoms. The van der Waals surface area contributed by atoms with Gasteiger partial charge in [-0.3, -0.25) is 9.59 Å². The highest BCUT2D eigenvalue weighted by molar-refractivity contribution is 5.94. The van der Waals surface area contributed by atoms with Gasteiger partial charge in [0.1, 0.15) is 0 Å². The van der Waals surface area contributed by atoms with Gasteiger partial charge in [-0.15, -0.1) is 0 Å². The van der Waals surface area contributed by atoms with Crippen LogP contribution in [0.4, 0.5) is 0 Å². The summed E-state index contributed by atoms with van der Waals surface area (Å²) >= 11 is 0. The van der Waals surface area contributed by atoms with Gasteiger partial charge in [-0.2, -0.15) is 0 Å². The summed E-state index contributed by atoms with van der Waals surface area (Å²) in [5, 5.41) is 9.77.